The predicted molar refractivity (Wildman–Crippen MR) is 243 cm³/mol. The number of hydrazine groups is 1. The third-order valence-corrected chi connectivity index (χ3v) is 10.6. The van der Waals surface area contributed by atoms with Crippen LogP contribution in [0.3, 0.4) is 0 Å². The molecule has 356 valence electrons. The van der Waals surface area contributed by atoms with Crippen LogP contribution in [0, 0.1) is 11.8 Å². The van der Waals surface area contributed by atoms with Crippen molar-refractivity contribution in [2.45, 2.75) is 104 Å². The van der Waals surface area contributed by atoms with Gasteiger partial charge >= 0.3 is 18.2 Å². The first-order valence-electron chi connectivity index (χ1n) is 22.2. The number of nitrogens with one attached hydrogen (secondary N) is 2. The van der Waals surface area contributed by atoms with Gasteiger partial charge in [0.2, 0.25) is 11.8 Å². The summed E-state index contributed by atoms with van der Waals surface area (Å²) < 4.78 is 18.4. The molecule has 4 rings (SSSR count). The number of hydrogen-bond acceptors (Lipinski definition) is 13. The van der Waals surface area contributed by atoms with E-state index in [0.717, 1.165) is 33.0 Å². The molecule has 0 aliphatic heterocycles. The second kappa shape index (κ2) is 26.8. The Balaban J connectivity index is 1.64. The summed E-state index contributed by atoms with van der Waals surface area (Å²) in [6.07, 6.45) is -0.124. The number of ether oxygens (including phenoxy) is 3. The van der Waals surface area contributed by atoms with Gasteiger partial charge in [0, 0.05) is 20.0 Å². The molecule has 0 spiro atoms. The van der Waals surface area contributed by atoms with Gasteiger partial charge in [-0.3, -0.25) is 24.2 Å². The van der Waals surface area contributed by atoms with Crippen LogP contribution in [0.5, 0.6) is 0 Å². The van der Waals surface area contributed by atoms with E-state index in [1.165, 1.54) is 23.0 Å². The number of amides is 5. The van der Waals surface area contributed by atoms with Crippen LogP contribution in [0.2, 0.25) is 0 Å². The van der Waals surface area contributed by atoms with Crippen molar-refractivity contribution in [1.29, 1.82) is 0 Å². The minimum atomic E-state index is -1.34. The molecule has 0 bridgehead atoms. The van der Waals surface area contributed by atoms with E-state index >= 15 is 0 Å². The van der Waals surface area contributed by atoms with Gasteiger partial charge in [0.05, 0.1) is 19.1 Å². The number of benzene rings is 3. The lowest BCUT2D eigenvalue weighted by Gasteiger charge is -2.37. The van der Waals surface area contributed by atoms with Crippen LogP contribution in [0.4, 0.5) is 9.59 Å². The molecular weight excluding hydrogens is 849 g/mol. The van der Waals surface area contributed by atoms with E-state index in [0.29, 0.717) is 6.42 Å². The van der Waals surface area contributed by atoms with Crippen molar-refractivity contribution in [2.24, 2.45) is 17.7 Å². The predicted octanol–water partition coefficient (Wildman–Crippen LogP) is 4.28. The van der Waals surface area contributed by atoms with Crippen molar-refractivity contribution >= 4 is 35.9 Å². The monoisotopic (exact) mass is 912 g/mol. The molecule has 5 amide bonds. The van der Waals surface area contributed by atoms with E-state index in [2.05, 4.69) is 26.2 Å². The molecule has 1 unspecified atom stereocenters. The summed E-state index contributed by atoms with van der Waals surface area (Å²) >= 11 is 0. The molecule has 4 aromatic rings. The number of aromatic nitrogens is 4. The van der Waals surface area contributed by atoms with E-state index in [4.69, 9.17) is 20.1 Å². The van der Waals surface area contributed by atoms with Crippen molar-refractivity contribution in [3.63, 3.8) is 0 Å². The summed E-state index contributed by atoms with van der Waals surface area (Å²) in [5, 5.41) is 17.6. The van der Waals surface area contributed by atoms with Crippen LogP contribution in [0.25, 0.3) is 0 Å². The molecule has 19 nitrogen and oxygen atoms in total. The Morgan fingerprint density at radius 2 is 1.38 bits per heavy atom. The van der Waals surface area contributed by atoms with Gasteiger partial charge in [0.15, 0.2) is 0 Å². The molecule has 0 saturated carbocycles. The number of esters is 1. The Bertz CT molecular complexity index is 2110. The molecule has 0 aliphatic carbocycles. The number of unbranched alkanes of at least 4 members (excludes halogenated alkanes) is 1. The number of carbonyl (C=O) groups excluding carboxylic acids is 6. The van der Waals surface area contributed by atoms with Crippen LogP contribution < -0.4 is 16.5 Å². The molecule has 0 aliphatic rings. The standard InChI is InChI=1S/C47H64N10O9/c1-7-8-25-56(40(58)24-26-55-32-49-52-53-55)43(34(4)5)45(61)57(48)28-39(66-41(59)29-54(6)47(63)65-31-37-22-16-11-17-23-37)38(27-35-18-12-9-13-19-35)50-44(60)42(33(2)3)51-46(62)64-30-36-20-14-10-15-21-36/h9-23,32-34,38-39,42-43H,7-8,24-31,48H2,1-6H3,(H,50,60)(H,51,62)/t38-,39?,42-,43-/m0/s1. The van der Waals surface area contributed by atoms with E-state index in [1.54, 1.807) is 76.2 Å². The maximum Gasteiger partial charge on any atom is 0.410 e. The molecule has 4 N–H and O–H groups in total. The summed E-state index contributed by atoms with van der Waals surface area (Å²) in [5.74, 6) is 3.36. The van der Waals surface area contributed by atoms with E-state index in [-0.39, 0.29) is 45.1 Å². The average Bonchev–Trinajstić information content (AvgIpc) is 3.84. The Kier molecular flexibility index (Phi) is 21.0. The van der Waals surface area contributed by atoms with Gasteiger partial charge in [0.25, 0.3) is 5.91 Å². The topological polar surface area (TPSA) is 234 Å². The number of hydrogen-bond donors (Lipinski definition) is 3. The lowest BCUT2D eigenvalue weighted by Crippen LogP contribution is -2.61. The summed E-state index contributed by atoms with van der Waals surface area (Å²) in [6, 6.07) is 24.0. The lowest BCUT2D eigenvalue weighted by atomic mass is 9.97. The fraction of sp³-hybridized carbons (Fsp3) is 0.468. The van der Waals surface area contributed by atoms with Gasteiger partial charge in [-0.25, -0.2) is 20.1 Å². The van der Waals surface area contributed by atoms with Gasteiger partial charge in [-0.15, -0.1) is 5.10 Å². The van der Waals surface area contributed by atoms with Crippen LogP contribution in [0.1, 0.15) is 70.6 Å². The van der Waals surface area contributed by atoms with Crippen LogP contribution in [-0.4, -0.2) is 122 Å². The summed E-state index contributed by atoms with van der Waals surface area (Å²) in [7, 11) is 1.37. The van der Waals surface area contributed by atoms with Gasteiger partial charge in [-0.05, 0) is 51.8 Å². The minimum Gasteiger partial charge on any atom is -0.457 e. The maximum absolute atomic E-state index is 14.6. The first-order valence-corrected chi connectivity index (χ1v) is 22.2. The first kappa shape index (κ1) is 51.7. The molecular formula is C47H64N10O9. The third kappa shape index (κ3) is 16.9. The zero-order valence-electron chi connectivity index (χ0n) is 38.7. The second-order valence-corrected chi connectivity index (χ2v) is 16.6. The number of tetrazole rings is 1. The number of likely N-dealkylation sites (N-methyl/N-ethyl adjacent to an activating group) is 1. The van der Waals surface area contributed by atoms with Crippen molar-refractivity contribution in [2.75, 3.05) is 26.7 Å². The van der Waals surface area contributed by atoms with Crippen LogP contribution >= 0.6 is 0 Å². The normalized spacial score (nSPS) is 12.9. The minimum absolute atomic E-state index is 0.00734. The summed E-state index contributed by atoms with van der Waals surface area (Å²) in [6.45, 7) is 8.45. The molecule has 4 atom stereocenters. The Hall–Kier alpha value is -6.89. The average molecular weight is 913 g/mol. The van der Waals surface area contributed by atoms with Crippen molar-refractivity contribution in [3.8, 4) is 0 Å². The highest BCUT2D eigenvalue weighted by Crippen LogP contribution is 2.19. The maximum atomic E-state index is 14.6. The van der Waals surface area contributed by atoms with Crippen LogP contribution in [-0.2, 0) is 59.6 Å². The summed E-state index contributed by atoms with van der Waals surface area (Å²) in [4.78, 5) is 85.2. The second-order valence-electron chi connectivity index (χ2n) is 16.6. The van der Waals surface area contributed by atoms with Gasteiger partial charge in [-0.1, -0.05) is 132 Å². The molecule has 1 heterocycles. The number of nitrogens with two attached hydrogens (primary N) is 1. The van der Waals surface area contributed by atoms with Crippen LogP contribution in [0.15, 0.2) is 97.3 Å². The zero-order valence-corrected chi connectivity index (χ0v) is 38.7. The Labute approximate surface area is 386 Å². The van der Waals surface area contributed by atoms with Gasteiger partial charge < -0.3 is 34.6 Å². The first-order chi connectivity index (χ1) is 31.7. The van der Waals surface area contributed by atoms with Gasteiger partial charge in [0.1, 0.15) is 44.3 Å². The van der Waals surface area contributed by atoms with E-state index in [9.17, 15) is 28.8 Å². The highest BCUT2D eigenvalue weighted by atomic mass is 16.6. The van der Waals surface area contributed by atoms with Crippen molar-refractivity contribution in [3.05, 3.63) is 114 Å². The van der Waals surface area contributed by atoms with E-state index in [1.807, 2.05) is 49.4 Å². The largest absolute Gasteiger partial charge is 0.457 e. The Morgan fingerprint density at radius 1 is 0.788 bits per heavy atom. The molecule has 66 heavy (non-hydrogen) atoms. The fourth-order valence-electron chi connectivity index (χ4n) is 7.00. The van der Waals surface area contributed by atoms with Gasteiger partial charge in [-0.2, -0.15) is 0 Å². The molecule has 3 aromatic carbocycles. The smallest absolute Gasteiger partial charge is 0.410 e. The molecule has 0 fully saturated rings. The number of rotatable bonds is 25. The van der Waals surface area contributed by atoms with Crippen molar-refractivity contribution in [1.82, 2.24) is 45.6 Å². The third-order valence-electron chi connectivity index (χ3n) is 10.6. The SMILES string of the molecule is CCCCN(C(=O)CCn1cnnn1)[C@H](C(=O)N(N)CC(OC(=O)CN(C)C(=O)OCc1ccccc1)[C@H](Cc1ccccc1)NC(=O)[C@@H](NC(=O)OCc1ccccc1)C(C)C)C(C)C. The number of alkyl carbamates (subject to hydrolysis) is 1. The number of carbonyl (C=O) groups is 6. The van der Waals surface area contributed by atoms with Crippen molar-refractivity contribution < 1.29 is 43.0 Å². The molecule has 0 saturated heterocycles. The zero-order chi connectivity index (χ0) is 48.0. The lowest BCUT2D eigenvalue weighted by molar-refractivity contribution is -0.157. The van der Waals surface area contributed by atoms with E-state index < -0.39 is 79.1 Å². The highest BCUT2D eigenvalue weighted by Gasteiger charge is 2.38. The highest BCUT2D eigenvalue weighted by molar-refractivity contribution is 5.88. The molecule has 1 aromatic heterocycles. The fourth-order valence-corrected chi connectivity index (χ4v) is 7.00. The Morgan fingerprint density at radius 3 is 1.92 bits per heavy atom. The number of aryl methyl sites for hydroxylation is 1. The summed E-state index contributed by atoms with van der Waals surface area (Å²) in [5.41, 5.74) is 2.23. The molecule has 0 radical (unpaired) electrons. The molecule has 19 heteroatoms. The number of nitrogens with zero attached hydrogens (tertiary/aromatic N) is 7. The quantitative estimate of drug-likeness (QED) is 0.0278.